The van der Waals surface area contributed by atoms with Gasteiger partial charge < -0.3 is 15.0 Å². The largest absolute Gasteiger partial charge is 0.378 e. The maximum Gasteiger partial charge on any atom is 0.228 e. The van der Waals surface area contributed by atoms with Crippen LogP contribution in [0.3, 0.4) is 0 Å². The standard InChI is InChI=1S/C27H25F2N7O2.C14H11BrF2N2O/c1-16-26(25-20(29)9-18(28)10-22(25)34-27(16)36-4-2-3-24(36)37)33-21-11-23(35-5-7-38-8-6-35)32-14-19(21)17-12-30-15-31-13-17;1-7-13(15)12-9(17)5-8(16)6-10(12)18-14(7)19-4-2-3-11(19)20/h9-15H,2-8H2,1H3,(H,32,33,34);5-6H,2-4H2,1H3. The number of halogens is 5. The van der Waals surface area contributed by atoms with Crippen LogP contribution < -0.4 is 20.0 Å². The summed E-state index contributed by atoms with van der Waals surface area (Å²) in [7, 11) is 0. The second kappa shape index (κ2) is 16.2. The highest BCUT2D eigenvalue weighted by atomic mass is 79.9. The topological polar surface area (TPSA) is 130 Å². The SMILES string of the molecule is Cc1c(N2CCCC2=O)nc2cc(F)cc(F)c2c1Br.Cc1c(N2CCCC2=O)nc2cc(F)cc(F)c2c1Nc1cc(N2CCOCC2)ncc1-c1cncnc1. The predicted molar refractivity (Wildman–Crippen MR) is 215 cm³/mol. The van der Waals surface area contributed by atoms with Gasteiger partial charge in [-0.2, -0.15) is 0 Å². The summed E-state index contributed by atoms with van der Waals surface area (Å²) in [4.78, 5) is 51.5. The summed E-state index contributed by atoms with van der Waals surface area (Å²) >= 11 is 3.33. The van der Waals surface area contributed by atoms with Crippen LogP contribution >= 0.6 is 15.9 Å². The number of amides is 2. The number of nitrogens with zero attached hydrogens (tertiary/aromatic N) is 8. The van der Waals surface area contributed by atoms with Crippen LogP contribution in [-0.2, 0) is 14.3 Å². The second-order valence-electron chi connectivity index (χ2n) is 14.1. The average Bonchev–Trinajstić information content (AvgIpc) is 3.84. The van der Waals surface area contributed by atoms with Gasteiger partial charge in [-0.1, -0.05) is 0 Å². The molecular formula is C41H36BrF4N9O3. The first-order valence-electron chi connectivity index (χ1n) is 18.7. The number of aromatic nitrogens is 5. The minimum Gasteiger partial charge on any atom is -0.378 e. The summed E-state index contributed by atoms with van der Waals surface area (Å²) in [6, 6.07) is 5.92. The van der Waals surface area contributed by atoms with Gasteiger partial charge in [-0.15, -0.1) is 0 Å². The van der Waals surface area contributed by atoms with Gasteiger partial charge in [0.15, 0.2) is 0 Å². The molecule has 3 aliphatic rings. The molecule has 0 saturated carbocycles. The minimum absolute atomic E-state index is 0.0104. The summed E-state index contributed by atoms with van der Waals surface area (Å²) in [5, 5.41) is 3.78. The van der Waals surface area contributed by atoms with Gasteiger partial charge in [-0.05, 0) is 42.6 Å². The van der Waals surface area contributed by atoms with Crippen LogP contribution in [0.2, 0.25) is 0 Å². The molecule has 6 aromatic rings. The van der Waals surface area contributed by atoms with Gasteiger partial charge in [0.25, 0.3) is 0 Å². The lowest BCUT2D eigenvalue weighted by atomic mass is 10.0. The van der Waals surface area contributed by atoms with E-state index in [1.54, 1.807) is 42.2 Å². The maximum absolute atomic E-state index is 15.3. The number of carbonyl (C=O) groups excluding carboxylic acids is 2. The molecule has 7 heterocycles. The monoisotopic (exact) mass is 857 g/mol. The van der Waals surface area contributed by atoms with Crippen molar-refractivity contribution in [1.82, 2.24) is 24.9 Å². The molecular weight excluding hydrogens is 822 g/mol. The molecule has 3 saturated heterocycles. The third-order valence-corrected chi connectivity index (χ3v) is 11.4. The zero-order chi connectivity index (χ0) is 40.7. The summed E-state index contributed by atoms with van der Waals surface area (Å²) in [6.07, 6.45) is 8.87. The molecule has 12 nitrogen and oxygen atoms in total. The van der Waals surface area contributed by atoms with Crippen molar-refractivity contribution in [2.45, 2.75) is 39.5 Å². The van der Waals surface area contributed by atoms with Crippen LogP contribution in [0, 0.1) is 37.1 Å². The minimum atomic E-state index is -0.746. The van der Waals surface area contributed by atoms with Gasteiger partial charge in [-0.25, -0.2) is 42.5 Å². The Labute approximate surface area is 338 Å². The molecule has 0 aliphatic carbocycles. The van der Waals surface area contributed by atoms with Gasteiger partial charge in [-0.3, -0.25) is 19.4 Å². The van der Waals surface area contributed by atoms with Crippen molar-refractivity contribution in [3.8, 4) is 11.1 Å². The fourth-order valence-corrected chi connectivity index (χ4v) is 8.05. The van der Waals surface area contributed by atoms with Gasteiger partial charge in [0.05, 0.1) is 46.4 Å². The van der Waals surface area contributed by atoms with E-state index in [-0.39, 0.29) is 33.6 Å². The Morgan fingerprint density at radius 3 is 1.88 bits per heavy atom. The number of pyridine rings is 3. The Morgan fingerprint density at radius 2 is 1.29 bits per heavy atom. The van der Waals surface area contributed by atoms with Crippen LogP contribution in [0.15, 0.2) is 59.7 Å². The van der Waals surface area contributed by atoms with E-state index in [4.69, 9.17) is 4.74 Å². The molecule has 3 fully saturated rings. The Kier molecular flexibility index (Phi) is 10.9. The van der Waals surface area contributed by atoms with Crippen molar-refractivity contribution >= 4 is 78.4 Å². The first-order chi connectivity index (χ1) is 28.0. The number of carbonyl (C=O) groups is 2. The van der Waals surface area contributed by atoms with Gasteiger partial charge in [0.1, 0.15) is 47.0 Å². The molecule has 0 atom stereocenters. The molecule has 17 heteroatoms. The Balaban J connectivity index is 0.000000197. The molecule has 2 amide bonds. The summed E-state index contributed by atoms with van der Waals surface area (Å²) < 4.78 is 62.8. The van der Waals surface area contributed by atoms with E-state index < -0.39 is 23.3 Å². The molecule has 1 N–H and O–H groups in total. The van der Waals surface area contributed by atoms with E-state index in [0.717, 1.165) is 24.4 Å². The Bertz CT molecular complexity index is 2600. The highest BCUT2D eigenvalue weighted by molar-refractivity contribution is 9.10. The number of fused-ring (bicyclic) bond motifs is 2. The highest BCUT2D eigenvalue weighted by Crippen LogP contribution is 2.41. The molecule has 298 valence electrons. The number of hydrogen-bond acceptors (Lipinski definition) is 10. The number of hydrogen-bond donors (Lipinski definition) is 1. The molecule has 58 heavy (non-hydrogen) atoms. The highest BCUT2D eigenvalue weighted by Gasteiger charge is 2.29. The molecule has 0 bridgehead atoms. The number of anilines is 5. The van der Waals surface area contributed by atoms with Gasteiger partial charge in [0.2, 0.25) is 11.8 Å². The van der Waals surface area contributed by atoms with Gasteiger partial charge >= 0.3 is 0 Å². The molecule has 4 aromatic heterocycles. The second-order valence-corrected chi connectivity index (χ2v) is 14.9. The molecule has 2 aromatic carbocycles. The number of morpholine rings is 1. The van der Waals surface area contributed by atoms with E-state index >= 15 is 4.39 Å². The maximum atomic E-state index is 15.3. The van der Waals surface area contributed by atoms with E-state index in [9.17, 15) is 22.8 Å². The van der Waals surface area contributed by atoms with E-state index in [1.165, 1.54) is 18.5 Å². The normalized spacial score (nSPS) is 15.7. The van der Waals surface area contributed by atoms with Crippen LogP contribution in [0.1, 0.15) is 36.8 Å². The van der Waals surface area contributed by atoms with E-state index in [2.05, 4.69) is 51.1 Å². The van der Waals surface area contributed by atoms with Crippen LogP contribution in [0.4, 0.5) is 46.4 Å². The number of ether oxygens (including phenoxy) is 1. The Hall–Kier alpha value is -5.81. The third kappa shape index (κ3) is 7.51. The van der Waals surface area contributed by atoms with E-state index in [0.29, 0.717) is 108 Å². The predicted octanol–water partition coefficient (Wildman–Crippen LogP) is 8.09. The van der Waals surface area contributed by atoms with Crippen molar-refractivity contribution in [2.24, 2.45) is 0 Å². The lowest BCUT2D eigenvalue weighted by Crippen LogP contribution is -2.36. The molecule has 0 unspecified atom stereocenters. The molecule has 0 spiro atoms. The summed E-state index contributed by atoms with van der Waals surface area (Å²) in [5.41, 5.74) is 4.04. The van der Waals surface area contributed by atoms with Crippen molar-refractivity contribution in [3.63, 3.8) is 0 Å². The molecule has 9 rings (SSSR count). The molecule has 3 aliphatic heterocycles. The van der Waals surface area contributed by atoms with Crippen LogP contribution in [-0.4, -0.2) is 76.1 Å². The van der Waals surface area contributed by atoms with E-state index in [1.807, 2.05) is 6.07 Å². The fraction of sp³-hybridized carbons (Fsp3) is 0.293. The first kappa shape index (κ1) is 39.0. The first-order valence-corrected chi connectivity index (χ1v) is 19.5. The quantitative estimate of drug-likeness (QED) is 0.164. The van der Waals surface area contributed by atoms with Crippen molar-refractivity contribution < 1.29 is 31.9 Å². The van der Waals surface area contributed by atoms with Crippen LogP contribution in [0.5, 0.6) is 0 Å². The Morgan fingerprint density at radius 1 is 0.724 bits per heavy atom. The van der Waals surface area contributed by atoms with Crippen molar-refractivity contribution in [3.05, 3.63) is 94.1 Å². The van der Waals surface area contributed by atoms with Crippen LogP contribution in [0.25, 0.3) is 32.9 Å². The zero-order valence-electron chi connectivity index (χ0n) is 31.5. The van der Waals surface area contributed by atoms with Crippen molar-refractivity contribution in [2.75, 3.05) is 59.4 Å². The lowest BCUT2D eigenvalue weighted by molar-refractivity contribution is -0.117. The smallest absolute Gasteiger partial charge is 0.228 e. The number of rotatable bonds is 6. The summed E-state index contributed by atoms with van der Waals surface area (Å²) in [6.45, 7) is 7.20. The fourth-order valence-electron chi connectivity index (χ4n) is 7.48. The lowest BCUT2D eigenvalue weighted by Gasteiger charge is -2.29. The molecule has 0 radical (unpaired) electrons. The third-order valence-electron chi connectivity index (χ3n) is 10.4. The summed E-state index contributed by atoms with van der Waals surface area (Å²) in [5.74, 6) is -1.32. The van der Waals surface area contributed by atoms with Crippen molar-refractivity contribution in [1.29, 1.82) is 0 Å². The van der Waals surface area contributed by atoms with Gasteiger partial charge in [0, 0.05) is 115 Å². The number of nitrogens with one attached hydrogen (secondary N) is 1. The average molecular weight is 859 g/mol. The zero-order valence-corrected chi connectivity index (χ0v) is 33.0. The number of benzene rings is 2.